The van der Waals surface area contributed by atoms with Crippen LogP contribution < -0.4 is 15.0 Å². The minimum Gasteiger partial charge on any atom is -0.449 e. The molecule has 0 bridgehead atoms. The Hall–Kier alpha value is -2.60. The summed E-state index contributed by atoms with van der Waals surface area (Å²) in [6.45, 7) is -0.0248. The summed E-state index contributed by atoms with van der Waals surface area (Å²) in [5.74, 6) is 0.266. The summed E-state index contributed by atoms with van der Waals surface area (Å²) >= 11 is 3.48. The molecule has 0 atom stereocenters. The van der Waals surface area contributed by atoms with Crippen LogP contribution in [0.1, 0.15) is 18.4 Å². The highest BCUT2D eigenvalue weighted by Crippen LogP contribution is 2.36. The van der Waals surface area contributed by atoms with Gasteiger partial charge in [-0.2, -0.15) is 0 Å². The second kappa shape index (κ2) is 6.96. The number of anilines is 1. The van der Waals surface area contributed by atoms with E-state index in [0.29, 0.717) is 11.4 Å². The number of hydrogen-bond donors (Lipinski definition) is 1. The molecule has 0 radical (unpaired) electrons. The highest BCUT2D eigenvalue weighted by molar-refractivity contribution is 9.10. The summed E-state index contributed by atoms with van der Waals surface area (Å²) in [5.41, 5.74) is 1.44. The molecule has 1 saturated carbocycles. The second-order valence-corrected chi connectivity index (χ2v) is 7.19. The first kappa shape index (κ1) is 16.8. The van der Waals surface area contributed by atoms with Crippen molar-refractivity contribution >= 4 is 39.5 Å². The molecule has 1 aliphatic heterocycles. The Balaban J connectivity index is 1.67. The van der Waals surface area contributed by atoms with E-state index in [1.54, 1.807) is 18.2 Å². The monoisotopic (exact) mass is 412 g/mol. The number of rotatable bonds is 4. The predicted octanol–water partition coefficient (Wildman–Crippen LogP) is 3.49. The Kier molecular flexibility index (Phi) is 4.51. The van der Waals surface area contributed by atoms with Gasteiger partial charge in [0.15, 0.2) is 11.5 Å². The van der Waals surface area contributed by atoms with Crippen molar-refractivity contribution in [2.45, 2.75) is 18.9 Å². The molecule has 4 rings (SSSR count). The van der Waals surface area contributed by atoms with E-state index in [2.05, 4.69) is 21.2 Å². The molecular weight excluding hydrogens is 396 g/mol. The smallest absolute Gasteiger partial charge is 0.294 e. The van der Waals surface area contributed by atoms with E-state index in [-0.39, 0.29) is 30.2 Å². The topological polar surface area (TPSA) is 58.6 Å². The molecule has 1 heterocycles. The highest BCUT2D eigenvalue weighted by atomic mass is 79.9. The van der Waals surface area contributed by atoms with Gasteiger partial charge in [-0.05, 0) is 42.7 Å². The Morgan fingerprint density at radius 3 is 2.69 bits per heavy atom. The molecule has 2 aliphatic rings. The number of ether oxygens (including phenoxy) is 1. The van der Waals surface area contributed by atoms with E-state index in [1.807, 2.05) is 36.4 Å². The average molecular weight is 413 g/mol. The van der Waals surface area contributed by atoms with E-state index in [1.165, 1.54) is 4.90 Å². The fraction of sp³-hybridized carbons (Fsp3) is 0.200. The Labute approximate surface area is 159 Å². The minimum absolute atomic E-state index is 0.0248. The van der Waals surface area contributed by atoms with Gasteiger partial charge in [0.25, 0.3) is 5.91 Å². The summed E-state index contributed by atoms with van der Waals surface area (Å²) in [5, 5.41) is 2.93. The van der Waals surface area contributed by atoms with Gasteiger partial charge in [0.2, 0.25) is 5.91 Å². The van der Waals surface area contributed by atoms with Gasteiger partial charge >= 0.3 is 0 Å². The lowest BCUT2D eigenvalue weighted by atomic mass is 10.1. The maximum absolute atomic E-state index is 13.0. The third kappa shape index (κ3) is 3.51. The number of carbonyl (C=O) groups excluding carboxylic acids is 2. The number of hydrogen-bond acceptors (Lipinski definition) is 3. The van der Waals surface area contributed by atoms with Crippen molar-refractivity contribution in [2.75, 3.05) is 11.4 Å². The number of para-hydroxylation sites is 2. The predicted molar refractivity (Wildman–Crippen MR) is 103 cm³/mol. The van der Waals surface area contributed by atoms with Crippen molar-refractivity contribution in [2.24, 2.45) is 0 Å². The van der Waals surface area contributed by atoms with Gasteiger partial charge in [0.05, 0.1) is 5.69 Å². The van der Waals surface area contributed by atoms with Crippen LogP contribution in [0.5, 0.6) is 5.75 Å². The van der Waals surface area contributed by atoms with Crippen molar-refractivity contribution in [3.05, 3.63) is 64.3 Å². The minimum atomic E-state index is -0.328. The maximum atomic E-state index is 13.0. The van der Waals surface area contributed by atoms with Gasteiger partial charge in [-0.1, -0.05) is 46.3 Å². The van der Waals surface area contributed by atoms with Crippen LogP contribution in [0.25, 0.3) is 6.08 Å². The Bertz CT molecular complexity index is 905. The van der Waals surface area contributed by atoms with Crippen molar-refractivity contribution in [1.29, 1.82) is 0 Å². The summed E-state index contributed by atoms with van der Waals surface area (Å²) < 4.78 is 6.69. The lowest BCUT2D eigenvalue weighted by molar-refractivity contribution is -0.123. The van der Waals surface area contributed by atoms with Crippen LogP contribution >= 0.6 is 15.9 Å². The Morgan fingerprint density at radius 1 is 1.19 bits per heavy atom. The van der Waals surface area contributed by atoms with E-state index < -0.39 is 0 Å². The number of carbonyl (C=O) groups is 2. The van der Waals surface area contributed by atoms with Crippen molar-refractivity contribution in [1.82, 2.24) is 5.32 Å². The highest BCUT2D eigenvalue weighted by Gasteiger charge is 2.33. The third-order valence-electron chi connectivity index (χ3n) is 4.27. The lowest BCUT2D eigenvalue weighted by Gasteiger charge is -2.30. The van der Waals surface area contributed by atoms with Gasteiger partial charge in [0.1, 0.15) is 6.54 Å². The summed E-state index contributed by atoms with van der Waals surface area (Å²) in [7, 11) is 0. The molecule has 0 saturated heterocycles. The van der Waals surface area contributed by atoms with E-state index >= 15 is 0 Å². The number of fused-ring (bicyclic) bond motifs is 1. The van der Waals surface area contributed by atoms with Crippen molar-refractivity contribution in [3.8, 4) is 5.75 Å². The first-order chi connectivity index (χ1) is 12.6. The molecule has 2 aromatic rings. The molecule has 2 aromatic carbocycles. The molecule has 0 unspecified atom stereocenters. The number of amides is 2. The van der Waals surface area contributed by atoms with Gasteiger partial charge < -0.3 is 10.1 Å². The zero-order valence-corrected chi connectivity index (χ0v) is 15.5. The van der Waals surface area contributed by atoms with Gasteiger partial charge in [-0.25, -0.2) is 0 Å². The number of halogens is 1. The molecule has 132 valence electrons. The molecule has 1 aliphatic carbocycles. The Morgan fingerprint density at radius 2 is 1.92 bits per heavy atom. The van der Waals surface area contributed by atoms with Crippen molar-refractivity contribution in [3.63, 3.8) is 0 Å². The normalized spacial score (nSPS) is 17.7. The molecule has 1 fully saturated rings. The second-order valence-electron chi connectivity index (χ2n) is 6.33. The average Bonchev–Trinajstić information content (AvgIpc) is 3.44. The first-order valence-electron chi connectivity index (χ1n) is 8.46. The van der Waals surface area contributed by atoms with Crippen LogP contribution in [0, 0.1) is 0 Å². The van der Waals surface area contributed by atoms with E-state index in [4.69, 9.17) is 4.74 Å². The quantitative estimate of drug-likeness (QED) is 0.781. The zero-order valence-electron chi connectivity index (χ0n) is 13.9. The van der Waals surface area contributed by atoms with Crippen LogP contribution in [0.4, 0.5) is 5.69 Å². The molecule has 0 spiro atoms. The molecule has 0 aromatic heterocycles. The largest absolute Gasteiger partial charge is 0.449 e. The molecular formula is C20H17BrN2O3. The summed E-state index contributed by atoms with van der Waals surface area (Å²) in [4.78, 5) is 26.7. The fourth-order valence-corrected chi connectivity index (χ4v) is 3.20. The first-order valence-corrected chi connectivity index (χ1v) is 9.25. The van der Waals surface area contributed by atoms with Crippen LogP contribution in [0.3, 0.4) is 0 Å². The molecule has 26 heavy (non-hydrogen) atoms. The molecule has 1 N–H and O–H groups in total. The number of nitrogens with one attached hydrogen (secondary N) is 1. The fourth-order valence-electron chi connectivity index (χ4n) is 2.80. The van der Waals surface area contributed by atoms with Crippen LogP contribution in [-0.2, 0) is 9.59 Å². The van der Waals surface area contributed by atoms with Crippen LogP contribution in [-0.4, -0.2) is 24.4 Å². The summed E-state index contributed by atoms with van der Waals surface area (Å²) in [6, 6.07) is 15.1. The molecule has 5 nitrogen and oxygen atoms in total. The van der Waals surface area contributed by atoms with Crippen LogP contribution in [0.2, 0.25) is 0 Å². The number of nitrogens with zero attached hydrogens (tertiary/aromatic N) is 1. The standard InChI is InChI=1S/C20H17BrN2O3/c21-15-6-2-1-5-13(15)11-18-20(25)23(12-19(24)22-14-9-10-14)16-7-3-4-8-17(16)26-18/h1-8,11,14H,9-10,12H2,(H,22,24). The maximum Gasteiger partial charge on any atom is 0.294 e. The summed E-state index contributed by atoms with van der Waals surface area (Å²) in [6.07, 6.45) is 3.70. The third-order valence-corrected chi connectivity index (χ3v) is 4.99. The van der Waals surface area contributed by atoms with E-state index in [9.17, 15) is 9.59 Å². The number of benzene rings is 2. The lowest BCUT2D eigenvalue weighted by Crippen LogP contribution is -2.44. The van der Waals surface area contributed by atoms with Gasteiger partial charge in [-0.15, -0.1) is 0 Å². The van der Waals surface area contributed by atoms with Crippen molar-refractivity contribution < 1.29 is 14.3 Å². The molecule has 2 amide bonds. The zero-order chi connectivity index (χ0) is 18.1. The van der Waals surface area contributed by atoms with E-state index in [0.717, 1.165) is 22.9 Å². The molecule has 6 heteroatoms. The van der Waals surface area contributed by atoms with Gasteiger partial charge in [0, 0.05) is 10.5 Å². The SMILES string of the molecule is O=C(CN1C(=O)C(=Cc2ccccc2Br)Oc2ccccc21)NC1CC1. The van der Waals surface area contributed by atoms with Gasteiger partial charge in [-0.3, -0.25) is 14.5 Å². The van der Waals surface area contributed by atoms with Crippen LogP contribution in [0.15, 0.2) is 58.8 Å².